The predicted octanol–water partition coefficient (Wildman–Crippen LogP) is 3.68. The Morgan fingerprint density at radius 1 is 1.26 bits per heavy atom. The van der Waals surface area contributed by atoms with E-state index in [0.717, 1.165) is 34.9 Å². The Labute approximate surface area is 117 Å². The monoisotopic (exact) mass is 276 g/mol. The second-order valence-corrected chi connectivity index (χ2v) is 5.40. The summed E-state index contributed by atoms with van der Waals surface area (Å²) in [5.74, 6) is 0.924. The molecule has 1 aliphatic heterocycles. The van der Waals surface area contributed by atoms with Crippen LogP contribution in [0, 0.1) is 0 Å². The number of piperidine rings is 1. The first-order valence-electron chi connectivity index (χ1n) is 6.76. The van der Waals surface area contributed by atoms with Crippen LogP contribution in [0.2, 0.25) is 5.02 Å². The molecule has 0 radical (unpaired) electrons. The summed E-state index contributed by atoms with van der Waals surface area (Å²) in [6.45, 7) is 1.10. The van der Waals surface area contributed by atoms with E-state index in [1.54, 1.807) is 6.20 Å². The van der Waals surface area contributed by atoms with Gasteiger partial charge < -0.3 is 9.84 Å². The van der Waals surface area contributed by atoms with E-state index in [-0.39, 0.29) is 0 Å². The topological polar surface area (TPSA) is 38.1 Å². The van der Waals surface area contributed by atoms with Crippen LogP contribution in [0.5, 0.6) is 0 Å². The van der Waals surface area contributed by atoms with Gasteiger partial charge >= 0.3 is 0 Å². The standard InChI is InChI=1S/C15H17ClN2O/c16-14-7-2-1-6-12(14)13-10-18-19-15(13)9-11-5-3-4-8-17-11/h1-2,6-7,10-11,17H,3-5,8-9H2. The molecule has 3 nitrogen and oxygen atoms in total. The number of benzene rings is 1. The normalized spacial score (nSPS) is 19.5. The number of halogens is 1. The average molecular weight is 277 g/mol. The van der Waals surface area contributed by atoms with Crippen molar-refractivity contribution in [1.82, 2.24) is 10.5 Å². The lowest BCUT2D eigenvalue weighted by molar-refractivity contribution is 0.337. The van der Waals surface area contributed by atoms with Crippen molar-refractivity contribution in [2.45, 2.75) is 31.7 Å². The maximum atomic E-state index is 6.25. The Morgan fingerprint density at radius 3 is 2.95 bits per heavy atom. The van der Waals surface area contributed by atoms with Crippen LogP contribution in [0.15, 0.2) is 35.0 Å². The molecule has 19 heavy (non-hydrogen) atoms. The van der Waals surface area contributed by atoms with Crippen LogP contribution in [-0.2, 0) is 6.42 Å². The van der Waals surface area contributed by atoms with Gasteiger partial charge in [0.1, 0.15) is 5.76 Å². The van der Waals surface area contributed by atoms with Gasteiger partial charge in [-0.2, -0.15) is 0 Å². The Balaban J connectivity index is 1.84. The third-order valence-electron chi connectivity index (χ3n) is 3.65. The number of hydrogen-bond donors (Lipinski definition) is 1. The molecule has 2 heterocycles. The van der Waals surface area contributed by atoms with Crippen molar-refractivity contribution in [3.8, 4) is 11.1 Å². The predicted molar refractivity (Wildman–Crippen MR) is 76.3 cm³/mol. The van der Waals surface area contributed by atoms with E-state index in [0.29, 0.717) is 6.04 Å². The van der Waals surface area contributed by atoms with Crippen molar-refractivity contribution in [3.63, 3.8) is 0 Å². The molecule has 1 atom stereocenters. The first kappa shape index (κ1) is 12.7. The highest BCUT2D eigenvalue weighted by Crippen LogP contribution is 2.31. The molecule has 1 unspecified atom stereocenters. The highest BCUT2D eigenvalue weighted by atomic mass is 35.5. The molecule has 0 saturated carbocycles. The maximum Gasteiger partial charge on any atom is 0.146 e. The molecular formula is C15H17ClN2O. The molecule has 0 spiro atoms. The summed E-state index contributed by atoms with van der Waals surface area (Å²) in [6.07, 6.45) is 6.39. The van der Waals surface area contributed by atoms with Crippen LogP contribution >= 0.6 is 11.6 Å². The molecule has 100 valence electrons. The van der Waals surface area contributed by atoms with Crippen LogP contribution in [0.25, 0.3) is 11.1 Å². The van der Waals surface area contributed by atoms with Crippen molar-refractivity contribution >= 4 is 11.6 Å². The fourth-order valence-electron chi connectivity index (χ4n) is 2.63. The lowest BCUT2D eigenvalue weighted by atomic mass is 9.97. The van der Waals surface area contributed by atoms with Gasteiger partial charge in [-0.15, -0.1) is 0 Å². The van der Waals surface area contributed by atoms with Crippen LogP contribution in [0.3, 0.4) is 0 Å². The molecule has 4 heteroatoms. The number of nitrogens with one attached hydrogen (secondary N) is 1. The lowest BCUT2D eigenvalue weighted by Gasteiger charge is -2.22. The lowest BCUT2D eigenvalue weighted by Crippen LogP contribution is -2.35. The molecular weight excluding hydrogens is 260 g/mol. The zero-order chi connectivity index (χ0) is 13.1. The summed E-state index contributed by atoms with van der Waals surface area (Å²) >= 11 is 6.25. The first-order chi connectivity index (χ1) is 9.34. The number of aromatic nitrogens is 1. The minimum Gasteiger partial charge on any atom is -0.361 e. The molecule has 0 aliphatic carbocycles. The quantitative estimate of drug-likeness (QED) is 0.929. The molecule has 1 N–H and O–H groups in total. The van der Waals surface area contributed by atoms with Gasteiger partial charge in [-0.3, -0.25) is 0 Å². The summed E-state index contributed by atoms with van der Waals surface area (Å²) in [7, 11) is 0. The Kier molecular flexibility index (Phi) is 3.85. The molecule has 1 aromatic carbocycles. The second kappa shape index (κ2) is 5.76. The van der Waals surface area contributed by atoms with E-state index in [1.807, 2.05) is 24.3 Å². The van der Waals surface area contributed by atoms with Crippen molar-refractivity contribution in [2.75, 3.05) is 6.54 Å². The minimum absolute atomic E-state index is 0.489. The van der Waals surface area contributed by atoms with E-state index in [9.17, 15) is 0 Å². The van der Waals surface area contributed by atoms with E-state index in [4.69, 9.17) is 16.1 Å². The summed E-state index contributed by atoms with van der Waals surface area (Å²) in [6, 6.07) is 8.31. The third kappa shape index (κ3) is 2.82. The van der Waals surface area contributed by atoms with E-state index >= 15 is 0 Å². The summed E-state index contributed by atoms with van der Waals surface area (Å²) in [4.78, 5) is 0. The van der Waals surface area contributed by atoms with Gasteiger partial charge in [0.15, 0.2) is 0 Å². The molecule has 1 fully saturated rings. The molecule has 0 amide bonds. The van der Waals surface area contributed by atoms with Crippen molar-refractivity contribution < 1.29 is 4.52 Å². The zero-order valence-corrected chi connectivity index (χ0v) is 11.5. The second-order valence-electron chi connectivity index (χ2n) is 4.99. The van der Waals surface area contributed by atoms with Gasteiger partial charge in [0.05, 0.1) is 6.20 Å². The summed E-state index contributed by atoms with van der Waals surface area (Å²) in [5, 5.41) is 8.21. The van der Waals surface area contributed by atoms with Gasteiger partial charge in [-0.25, -0.2) is 0 Å². The minimum atomic E-state index is 0.489. The van der Waals surface area contributed by atoms with Gasteiger partial charge in [-0.1, -0.05) is 41.4 Å². The van der Waals surface area contributed by atoms with Crippen LogP contribution in [0.1, 0.15) is 25.0 Å². The number of nitrogens with zero attached hydrogens (tertiary/aromatic N) is 1. The van der Waals surface area contributed by atoms with Crippen LogP contribution < -0.4 is 5.32 Å². The van der Waals surface area contributed by atoms with E-state index in [2.05, 4.69) is 10.5 Å². The molecule has 0 bridgehead atoms. The van der Waals surface area contributed by atoms with Gasteiger partial charge in [0, 0.05) is 28.6 Å². The average Bonchev–Trinajstić information content (AvgIpc) is 2.88. The van der Waals surface area contributed by atoms with Crippen LogP contribution in [0.4, 0.5) is 0 Å². The van der Waals surface area contributed by atoms with Crippen molar-refractivity contribution in [3.05, 3.63) is 41.2 Å². The molecule has 2 aromatic rings. The molecule has 1 aliphatic rings. The zero-order valence-electron chi connectivity index (χ0n) is 10.7. The van der Waals surface area contributed by atoms with Crippen molar-refractivity contribution in [1.29, 1.82) is 0 Å². The molecule has 3 rings (SSSR count). The SMILES string of the molecule is Clc1ccccc1-c1cnoc1CC1CCCCN1. The maximum absolute atomic E-state index is 6.25. The Hall–Kier alpha value is -1.32. The first-order valence-corrected chi connectivity index (χ1v) is 7.14. The smallest absolute Gasteiger partial charge is 0.146 e. The van der Waals surface area contributed by atoms with E-state index in [1.165, 1.54) is 19.3 Å². The van der Waals surface area contributed by atoms with E-state index < -0.39 is 0 Å². The van der Waals surface area contributed by atoms with Crippen molar-refractivity contribution in [2.24, 2.45) is 0 Å². The van der Waals surface area contributed by atoms with Gasteiger partial charge in [0.25, 0.3) is 0 Å². The molecule has 1 aromatic heterocycles. The number of hydrogen-bond acceptors (Lipinski definition) is 3. The fraction of sp³-hybridized carbons (Fsp3) is 0.400. The highest BCUT2D eigenvalue weighted by molar-refractivity contribution is 6.33. The fourth-order valence-corrected chi connectivity index (χ4v) is 2.87. The third-order valence-corrected chi connectivity index (χ3v) is 3.98. The Bertz CT molecular complexity index is 547. The molecule has 1 saturated heterocycles. The highest BCUT2D eigenvalue weighted by Gasteiger charge is 2.19. The summed E-state index contributed by atoms with van der Waals surface area (Å²) < 4.78 is 5.43. The largest absolute Gasteiger partial charge is 0.361 e. The number of rotatable bonds is 3. The van der Waals surface area contributed by atoms with Crippen LogP contribution in [-0.4, -0.2) is 17.7 Å². The summed E-state index contributed by atoms with van der Waals surface area (Å²) in [5.41, 5.74) is 2.01. The van der Waals surface area contributed by atoms with Gasteiger partial charge in [-0.05, 0) is 25.5 Å². The Morgan fingerprint density at radius 2 is 2.16 bits per heavy atom. The van der Waals surface area contributed by atoms with Gasteiger partial charge in [0.2, 0.25) is 0 Å².